The van der Waals surface area contributed by atoms with Gasteiger partial charge in [0.25, 0.3) is 0 Å². The highest BCUT2D eigenvalue weighted by atomic mass is 79.9. The van der Waals surface area contributed by atoms with E-state index in [1.165, 1.54) is 5.56 Å². The highest BCUT2D eigenvalue weighted by Gasteiger charge is 1.83. The standard InChI is InChI=1S/C6H6BrN.ClH/c1-5-2-6(7)4-8-3-5;/h2-4H,1H3;1H. The summed E-state index contributed by atoms with van der Waals surface area (Å²) in [5.41, 5.74) is 1.18. The lowest BCUT2D eigenvalue weighted by Gasteiger charge is -1.88. The predicted molar refractivity (Wildman–Crippen MR) is 43.9 cm³/mol. The van der Waals surface area contributed by atoms with Gasteiger partial charge in [-0.2, -0.15) is 0 Å². The highest BCUT2D eigenvalue weighted by molar-refractivity contribution is 9.10. The molecule has 0 bridgehead atoms. The summed E-state index contributed by atoms with van der Waals surface area (Å²) in [5.74, 6) is 0. The molecule has 0 spiro atoms. The Kier molecular flexibility index (Phi) is 3.82. The summed E-state index contributed by atoms with van der Waals surface area (Å²) < 4.78 is 1.04. The van der Waals surface area contributed by atoms with E-state index in [9.17, 15) is 0 Å². The van der Waals surface area contributed by atoms with E-state index in [4.69, 9.17) is 0 Å². The average molecular weight is 208 g/mol. The number of pyridine rings is 1. The summed E-state index contributed by atoms with van der Waals surface area (Å²) in [6.45, 7) is 2.01. The second-order valence-electron chi connectivity index (χ2n) is 1.68. The highest BCUT2D eigenvalue weighted by Crippen LogP contribution is 2.07. The third-order valence-electron chi connectivity index (χ3n) is 0.842. The summed E-state index contributed by atoms with van der Waals surface area (Å²) in [6.07, 6.45) is 3.60. The van der Waals surface area contributed by atoms with Crippen LogP contribution in [0.4, 0.5) is 0 Å². The van der Waals surface area contributed by atoms with Crippen molar-refractivity contribution < 1.29 is 0 Å². The van der Waals surface area contributed by atoms with Crippen LogP contribution in [-0.4, -0.2) is 4.98 Å². The van der Waals surface area contributed by atoms with Gasteiger partial charge in [0.15, 0.2) is 0 Å². The minimum absolute atomic E-state index is 0. The van der Waals surface area contributed by atoms with Crippen molar-refractivity contribution in [2.24, 2.45) is 0 Å². The van der Waals surface area contributed by atoms with Crippen molar-refractivity contribution in [2.45, 2.75) is 6.92 Å². The molecule has 0 aliphatic heterocycles. The van der Waals surface area contributed by atoms with Gasteiger partial charge in [-0.3, -0.25) is 4.98 Å². The quantitative estimate of drug-likeness (QED) is 0.639. The second kappa shape index (κ2) is 3.85. The van der Waals surface area contributed by atoms with Gasteiger partial charge in [0.05, 0.1) is 0 Å². The molecule has 3 heteroatoms. The third kappa shape index (κ3) is 2.82. The van der Waals surface area contributed by atoms with Gasteiger partial charge in [-0.1, -0.05) is 0 Å². The zero-order valence-corrected chi connectivity index (χ0v) is 7.37. The van der Waals surface area contributed by atoms with Crippen molar-refractivity contribution in [1.82, 2.24) is 4.98 Å². The fourth-order valence-corrected chi connectivity index (χ4v) is 0.997. The van der Waals surface area contributed by atoms with Crippen LogP contribution in [0.3, 0.4) is 0 Å². The largest absolute Gasteiger partial charge is 0.263 e. The number of halogens is 2. The smallest absolute Gasteiger partial charge is 0.0410 e. The molecule has 0 radical (unpaired) electrons. The van der Waals surface area contributed by atoms with Gasteiger partial charge >= 0.3 is 0 Å². The number of rotatable bonds is 0. The molecule has 0 aliphatic carbocycles. The Balaban J connectivity index is 0.000000640. The van der Waals surface area contributed by atoms with Crippen molar-refractivity contribution >= 4 is 28.3 Å². The number of nitrogens with zero attached hydrogens (tertiary/aromatic N) is 1. The van der Waals surface area contributed by atoms with Crippen LogP contribution in [0.1, 0.15) is 5.56 Å². The Morgan fingerprint density at radius 3 is 2.44 bits per heavy atom. The van der Waals surface area contributed by atoms with E-state index in [0.717, 1.165) is 4.47 Å². The van der Waals surface area contributed by atoms with E-state index in [0.29, 0.717) is 0 Å². The molecule has 1 heterocycles. The Morgan fingerprint density at radius 1 is 1.44 bits per heavy atom. The van der Waals surface area contributed by atoms with E-state index in [2.05, 4.69) is 20.9 Å². The van der Waals surface area contributed by atoms with Gasteiger partial charge in [0.2, 0.25) is 0 Å². The fraction of sp³-hybridized carbons (Fsp3) is 0.167. The van der Waals surface area contributed by atoms with Crippen LogP contribution >= 0.6 is 28.3 Å². The van der Waals surface area contributed by atoms with Crippen LogP contribution in [0.15, 0.2) is 22.9 Å². The molecule has 0 N–H and O–H groups in total. The van der Waals surface area contributed by atoms with Crippen LogP contribution in [0, 0.1) is 6.92 Å². The molecule has 1 aromatic heterocycles. The van der Waals surface area contributed by atoms with Crippen molar-refractivity contribution in [3.05, 3.63) is 28.5 Å². The van der Waals surface area contributed by atoms with E-state index in [-0.39, 0.29) is 12.4 Å². The molecule has 0 saturated heterocycles. The molecule has 1 aromatic rings. The monoisotopic (exact) mass is 207 g/mol. The number of aromatic nitrogens is 1. The Hall–Kier alpha value is -0.0800. The zero-order chi connectivity index (χ0) is 5.98. The fourth-order valence-electron chi connectivity index (χ4n) is 0.518. The van der Waals surface area contributed by atoms with Gasteiger partial charge in [-0.15, -0.1) is 12.4 Å². The van der Waals surface area contributed by atoms with Crippen molar-refractivity contribution in [2.75, 3.05) is 0 Å². The molecule has 0 unspecified atom stereocenters. The molecule has 0 aliphatic rings. The molecular formula is C6H7BrClN. The van der Waals surface area contributed by atoms with Gasteiger partial charge in [-0.25, -0.2) is 0 Å². The van der Waals surface area contributed by atoms with E-state index in [1.807, 2.05) is 19.2 Å². The van der Waals surface area contributed by atoms with Gasteiger partial charge in [0, 0.05) is 16.9 Å². The number of aryl methyl sites for hydroxylation is 1. The number of hydrogen-bond donors (Lipinski definition) is 0. The summed E-state index contributed by atoms with van der Waals surface area (Å²) in [6, 6.07) is 2.02. The SMILES string of the molecule is Cc1cncc(Br)c1.Cl. The molecule has 9 heavy (non-hydrogen) atoms. The maximum absolute atomic E-state index is 3.94. The van der Waals surface area contributed by atoms with Crippen LogP contribution < -0.4 is 0 Å². The molecule has 0 saturated carbocycles. The first-order chi connectivity index (χ1) is 3.79. The minimum Gasteiger partial charge on any atom is -0.263 e. The molecule has 50 valence electrons. The van der Waals surface area contributed by atoms with Crippen LogP contribution in [0.5, 0.6) is 0 Å². The lowest BCUT2D eigenvalue weighted by atomic mass is 10.3. The summed E-state index contributed by atoms with van der Waals surface area (Å²) in [5, 5.41) is 0. The zero-order valence-electron chi connectivity index (χ0n) is 4.97. The molecule has 1 nitrogen and oxygen atoms in total. The minimum atomic E-state index is 0. The summed E-state index contributed by atoms with van der Waals surface area (Å²) >= 11 is 3.30. The van der Waals surface area contributed by atoms with E-state index < -0.39 is 0 Å². The first kappa shape index (κ1) is 8.92. The van der Waals surface area contributed by atoms with Crippen molar-refractivity contribution in [3.8, 4) is 0 Å². The average Bonchev–Trinajstić information content (AvgIpc) is 1.64. The third-order valence-corrected chi connectivity index (χ3v) is 1.28. The molecular weight excluding hydrogens is 201 g/mol. The van der Waals surface area contributed by atoms with E-state index in [1.54, 1.807) is 6.20 Å². The molecule has 0 fully saturated rings. The number of hydrogen-bond acceptors (Lipinski definition) is 1. The van der Waals surface area contributed by atoms with Gasteiger partial charge < -0.3 is 0 Å². The summed E-state index contributed by atoms with van der Waals surface area (Å²) in [4.78, 5) is 3.94. The first-order valence-corrected chi connectivity index (χ1v) is 3.15. The van der Waals surface area contributed by atoms with E-state index >= 15 is 0 Å². The van der Waals surface area contributed by atoms with Gasteiger partial charge in [-0.05, 0) is 34.5 Å². The first-order valence-electron chi connectivity index (χ1n) is 2.36. The normalized spacial score (nSPS) is 8.22. The van der Waals surface area contributed by atoms with Crippen LogP contribution in [0.2, 0.25) is 0 Å². The lowest BCUT2D eigenvalue weighted by molar-refractivity contribution is 1.25. The topological polar surface area (TPSA) is 12.9 Å². The van der Waals surface area contributed by atoms with Gasteiger partial charge in [0.1, 0.15) is 0 Å². The molecule has 1 rings (SSSR count). The Labute approximate surface area is 69.0 Å². The van der Waals surface area contributed by atoms with Crippen LogP contribution in [-0.2, 0) is 0 Å². The molecule has 0 amide bonds. The maximum atomic E-state index is 3.94. The predicted octanol–water partition coefficient (Wildman–Crippen LogP) is 2.57. The second-order valence-corrected chi connectivity index (χ2v) is 2.60. The van der Waals surface area contributed by atoms with Crippen LogP contribution in [0.25, 0.3) is 0 Å². The van der Waals surface area contributed by atoms with Crippen molar-refractivity contribution in [3.63, 3.8) is 0 Å². The summed E-state index contributed by atoms with van der Waals surface area (Å²) in [7, 11) is 0. The molecule has 0 atom stereocenters. The maximum Gasteiger partial charge on any atom is 0.0410 e. The van der Waals surface area contributed by atoms with Crippen molar-refractivity contribution in [1.29, 1.82) is 0 Å². The Morgan fingerprint density at radius 2 is 2.11 bits per heavy atom. The Bertz CT molecular complexity index is 173. The lowest BCUT2D eigenvalue weighted by Crippen LogP contribution is -1.73. The molecule has 0 aromatic carbocycles.